The summed E-state index contributed by atoms with van der Waals surface area (Å²) >= 11 is 0. The largest absolute Gasteiger partial charge is 0.379 e. The van der Waals surface area contributed by atoms with Crippen LogP contribution in [-0.2, 0) is 4.74 Å². The molecule has 5 nitrogen and oxygen atoms in total. The van der Waals surface area contributed by atoms with Crippen LogP contribution in [0.3, 0.4) is 0 Å². The molecule has 1 aliphatic rings. The van der Waals surface area contributed by atoms with E-state index in [1.807, 2.05) is 18.2 Å². The Hall–Kier alpha value is -1.33. The number of nitrogen functional groups attached to an aromatic ring is 1. The molecule has 2 heterocycles. The summed E-state index contributed by atoms with van der Waals surface area (Å²) in [5.74, 6) is 6.77. The third-order valence-corrected chi connectivity index (χ3v) is 2.55. The zero-order chi connectivity index (χ0) is 10.7. The second-order valence-corrected chi connectivity index (χ2v) is 4.04. The first-order chi connectivity index (χ1) is 7.22. The normalized spacial score (nSPS) is 25.2. The van der Waals surface area contributed by atoms with E-state index >= 15 is 0 Å². The number of hydrogen-bond donors (Lipinski definition) is 3. The molecule has 1 aliphatic heterocycles. The van der Waals surface area contributed by atoms with Crippen molar-refractivity contribution in [3.8, 4) is 0 Å². The number of hydrogen-bond acceptors (Lipinski definition) is 5. The van der Waals surface area contributed by atoms with Crippen molar-refractivity contribution in [2.24, 2.45) is 5.84 Å². The van der Waals surface area contributed by atoms with E-state index in [9.17, 15) is 0 Å². The average Bonchev–Trinajstić information content (AvgIpc) is 2.65. The molecule has 4 N–H and O–H groups in total. The number of nitrogens with one attached hydrogen (secondary N) is 2. The molecule has 0 aliphatic carbocycles. The number of anilines is 2. The number of ether oxygens (including phenoxy) is 1. The van der Waals surface area contributed by atoms with E-state index in [-0.39, 0.29) is 5.54 Å². The smallest absolute Gasteiger partial charge is 0.142 e. The lowest BCUT2D eigenvalue weighted by Gasteiger charge is -2.24. The zero-order valence-corrected chi connectivity index (χ0v) is 8.79. The second-order valence-electron chi connectivity index (χ2n) is 4.04. The van der Waals surface area contributed by atoms with Crippen molar-refractivity contribution in [3.63, 3.8) is 0 Å². The Balaban J connectivity index is 2.09. The Morgan fingerprint density at radius 3 is 2.93 bits per heavy atom. The molecule has 15 heavy (non-hydrogen) atoms. The Morgan fingerprint density at radius 1 is 1.47 bits per heavy atom. The van der Waals surface area contributed by atoms with Gasteiger partial charge >= 0.3 is 0 Å². The van der Waals surface area contributed by atoms with Crippen LogP contribution in [0.25, 0.3) is 0 Å². The van der Waals surface area contributed by atoms with Crippen molar-refractivity contribution < 1.29 is 4.74 Å². The van der Waals surface area contributed by atoms with Gasteiger partial charge in [-0.2, -0.15) is 0 Å². The molecule has 0 spiro atoms. The van der Waals surface area contributed by atoms with Gasteiger partial charge in [0.1, 0.15) is 11.6 Å². The lowest BCUT2D eigenvalue weighted by molar-refractivity contribution is 0.185. The molecule has 0 radical (unpaired) electrons. The first kappa shape index (κ1) is 10.2. The van der Waals surface area contributed by atoms with Crippen LogP contribution in [0.5, 0.6) is 0 Å². The number of aromatic nitrogens is 1. The highest BCUT2D eigenvalue weighted by molar-refractivity contribution is 5.46. The van der Waals surface area contributed by atoms with Crippen LogP contribution in [0, 0.1) is 0 Å². The van der Waals surface area contributed by atoms with Gasteiger partial charge in [-0.3, -0.25) is 0 Å². The van der Waals surface area contributed by atoms with E-state index in [2.05, 4.69) is 22.7 Å². The van der Waals surface area contributed by atoms with Gasteiger partial charge in [0.05, 0.1) is 12.1 Å². The third-order valence-electron chi connectivity index (χ3n) is 2.55. The van der Waals surface area contributed by atoms with Crippen LogP contribution >= 0.6 is 0 Å². The second kappa shape index (κ2) is 4.04. The van der Waals surface area contributed by atoms with E-state index < -0.39 is 0 Å². The Labute approximate surface area is 89.0 Å². The van der Waals surface area contributed by atoms with Gasteiger partial charge in [0.2, 0.25) is 0 Å². The fourth-order valence-corrected chi connectivity index (χ4v) is 1.66. The van der Waals surface area contributed by atoms with E-state index in [1.54, 1.807) is 0 Å². The zero-order valence-electron chi connectivity index (χ0n) is 8.79. The van der Waals surface area contributed by atoms with E-state index in [1.165, 1.54) is 0 Å². The quantitative estimate of drug-likeness (QED) is 0.509. The number of pyridine rings is 1. The fraction of sp³-hybridized carbons (Fsp3) is 0.500. The summed E-state index contributed by atoms with van der Waals surface area (Å²) in [5.41, 5.74) is 2.51. The minimum Gasteiger partial charge on any atom is -0.379 e. The Morgan fingerprint density at radius 2 is 2.27 bits per heavy atom. The predicted molar refractivity (Wildman–Crippen MR) is 59.5 cm³/mol. The van der Waals surface area contributed by atoms with Gasteiger partial charge in [-0.15, -0.1) is 0 Å². The van der Waals surface area contributed by atoms with Crippen LogP contribution in [0.15, 0.2) is 18.2 Å². The Kier molecular flexibility index (Phi) is 2.75. The molecule has 1 unspecified atom stereocenters. The lowest BCUT2D eigenvalue weighted by Crippen LogP contribution is -2.35. The number of rotatable bonds is 3. The molecule has 0 bridgehead atoms. The summed E-state index contributed by atoms with van der Waals surface area (Å²) in [5, 5.41) is 3.36. The van der Waals surface area contributed by atoms with E-state index in [4.69, 9.17) is 10.6 Å². The molecule has 5 heteroatoms. The third kappa shape index (κ3) is 2.37. The molecule has 0 aromatic carbocycles. The average molecular weight is 208 g/mol. The molecular weight excluding hydrogens is 192 g/mol. The van der Waals surface area contributed by atoms with Gasteiger partial charge in [0.15, 0.2) is 0 Å². The molecular formula is C10H16N4O. The van der Waals surface area contributed by atoms with Gasteiger partial charge in [-0.1, -0.05) is 6.07 Å². The van der Waals surface area contributed by atoms with Gasteiger partial charge in [0, 0.05) is 6.61 Å². The van der Waals surface area contributed by atoms with Gasteiger partial charge in [0.25, 0.3) is 0 Å². The molecule has 1 aromatic rings. The highest BCUT2D eigenvalue weighted by Gasteiger charge is 2.29. The molecule has 2 rings (SSSR count). The molecule has 82 valence electrons. The van der Waals surface area contributed by atoms with E-state index in [0.717, 1.165) is 25.5 Å². The van der Waals surface area contributed by atoms with Crippen LogP contribution < -0.4 is 16.6 Å². The van der Waals surface area contributed by atoms with Crippen molar-refractivity contribution in [1.82, 2.24) is 4.98 Å². The monoisotopic (exact) mass is 208 g/mol. The first-order valence-corrected chi connectivity index (χ1v) is 5.01. The van der Waals surface area contributed by atoms with Crippen molar-refractivity contribution in [2.45, 2.75) is 18.9 Å². The van der Waals surface area contributed by atoms with Crippen LogP contribution in [0.4, 0.5) is 11.6 Å². The summed E-state index contributed by atoms with van der Waals surface area (Å²) in [6.45, 7) is 3.65. The maximum absolute atomic E-state index is 5.36. The minimum absolute atomic E-state index is 0.0137. The summed E-state index contributed by atoms with van der Waals surface area (Å²) in [7, 11) is 0. The molecule has 0 saturated carbocycles. The number of nitrogens with two attached hydrogens (primary N) is 1. The van der Waals surface area contributed by atoms with Gasteiger partial charge < -0.3 is 15.5 Å². The fourth-order valence-electron chi connectivity index (χ4n) is 1.66. The van der Waals surface area contributed by atoms with Crippen molar-refractivity contribution in [1.29, 1.82) is 0 Å². The number of hydrazine groups is 1. The van der Waals surface area contributed by atoms with Crippen molar-refractivity contribution in [2.75, 3.05) is 24.0 Å². The first-order valence-electron chi connectivity index (χ1n) is 5.01. The SMILES string of the molecule is CC1(Nc2cccc(NN)n2)CCOC1. The van der Waals surface area contributed by atoms with Crippen LogP contribution in [0.2, 0.25) is 0 Å². The molecule has 1 saturated heterocycles. The highest BCUT2D eigenvalue weighted by Crippen LogP contribution is 2.23. The molecule has 1 atom stereocenters. The molecule has 1 fully saturated rings. The maximum atomic E-state index is 5.36. The highest BCUT2D eigenvalue weighted by atomic mass is 16.5. The Bertz CT molecular complexity index is 336. The van der Waals surface area contributed by atoms with Gasteiger partial charge in [-0.05, 0) is 25.5 Å². The van der Waals surface area contributed by atoms with Crippen molar-refractivity contribution >= 4 is 11.6 Å². The van der Waals surface area contributed by atoms with Crippen molar-refractivity contribution in [3.05, 3.63) is 18.2 Å². The lowest BCUT2D eigenvalue weighted by atomic mass is 10.0. The maximum Gasteiger partial charge on any atom is 0.142 e. The van der Waals surface area contributed by atoms with Gasteiger partial charge in [-0.25, -0.2) is 10.8 Å². The number of nitrogens with zero attached hydrogens (tertiary/aromatic N) is 1. The molecule has 1 aromatic heterocycles. The summed E-state index contributed by atoms with van der Waals surface area (Å²) < 4.78 is 5.36. The topological polar surface area (TPSA) is 72.2 Å². The van der Waals surface area contributed by atoms with E-state index in [0.29, 0.717) is 5.82 Å². The molecule has 0 amide bonds. The minimum atomic E-state index is -0.0137. The summed E-state index contributed by atoms with van der Waals surface area (Å²) in [4.78, 5) is 4.30. The van der Waals surface area contributed by atoms with Crippen LogP contribution in [0.1, 0.15) is 13.3 Å². The van der Waals surface area contributed by atoms with Crippen LogP contribution in [-0.4, -0.2) is 23.7 Å². The predicted octanol–water partition coefficient (Wildman–Crippen LogP) is 0.958. The summed E-state index contributed by atoms with van der Waals surface area (Å²) in [6.07, 6.45) is 0.995. The standard InChI is InChI=1S/C10H16N4O/c1-10(5-6-15-7-10)13-8-3-2-4-9(12-8)14-11/h2-4H,5-7,11H2,1H3,(H2,12,13,14). The summed E-state index contributed by atoms with van der Waals surface area (Å²) in [6, 6.07) is 5.65.